The Balaban J connectivity index is 1.70. The quantitative estimate of drug-likeness (QED) is 0.373. The van der Waals surface area contributed by atoms with Crippen LogP contribution in [0, 0.1) is 0 Å². The van der Waals surface area contributed by atoms with Crippen molar-refractivity contribution in [3.63, 3.8) is 0 Å². The van der Waals surface area contributed by atoms with E-state index in [1.54, 1.807) is 24.3 Å². The van der Waals surface area contributed by atoms with E-state index in [0.717, 1.165) is 10.8 Å². The Morgan fingerprint density at radius 2 is 1.64 bits per heavy atom. The SMILES string of the molecule is O=C(/C=C/Oc1ccc2ccccc2c1)c1ccc(Cl)cc1. The highest BCUT2D eigenvalue weighted by atomic mass is 35.5. The summed E-state index contributed by atoms with van der Waals surface area (Å²) in [5.74, 6) is 0.566. The van der Waals surface area contributed by atoms with Gasteiger partial charge in [0.05, 0.1) is 6.26 Å². The molecule has 0 radical (unpaired) electrons. The fourth-order valence-electron chi connectivity index (χ4n) is 2.13. The summed E-state index contributed by atoms with van der Waals surface area (Å²) in [7, 11) is 0. The summed E-state index contributed by atoms with van der Waals surface area (Å²) >= 11 is 5.79. The zero-order chi connectivity index (χ0) is 15.4. The first kappa shape index (κ1) is 14.4. The predicted octanol–water partition coefficient (Wildman–Crippen LogP) is 5.27. The second-order valence-electron chi connectivity index (χ2n) is 4.80. The molecule has 0 N–H and O–H groups in total. The van der Waals surface area contributed by atoms with Crippen LogP contribution in [0.5, 0.6) is 5.75 Å². The van der Waals surface area contributed by atoms with Gasteiger partial charge in [0.1, 0.15) is 5.75 Å². The molecule has 22 heavy (non-hydrogen) atoms. The number of ether oxygens (including phenoxy) is 1. The lowest BCUT2D eigenvalue weighted by Gasteiger charge is -2.02. The van der Waals surface area contributed by atoms with E-state index < -0.39 is 0 Å². The van der Waals surface area contributed by atoms with Crippen LogP contribution in [0.4, 0.5) is 0 Å². The van der Waals surface area contributed by atoms with Crippen molar-refractivity contribution in [1.29, 1.82) is 0 Å². The third-order valence-electron chi connectivity index (χ3n) is 3.27. The lowest BCUT2D eigenvalue weighted by Crippen LogP contribution is -1.94. The normalized spacial score (nSPS) is 11.0. The summed E-state index contributed by atoms with van der Waals surface area (Å²) in [5, 5.41) is 2.85. The highest BCUT2D eigenvalue weighted by Gasteiger charge is 2.01. The Morgan fingerprint density at radius 1 is 0.909 bits per heavy atom. The molecule has 0 aliphatic carbocycles. The van der Waals surface area contributed by atoms with Crippen LogP contribution in [-0.2, 0) is 0 Å². The number of carbonyl (C=O) groups excluding carboxylic acids is 1. The van der Waals surface area contributed by atoms with Crippen LogP contribution >= 0.6 is 11.6 Å². The van der Waals surface area contributed by atoms with Crippen LogP contribution in [0.15, 0.2) is 79.1 Å². The summed E-state index contributed by atoms with van der Waals surface area (Å²) < 4.78 is 5.50. The highest BCUT2D eigenvalue weighted by Crippen LogP contribution is 2.20. The zero-order valence-electron chi connectivity index (χ0n) is 11.7. The fourth-order valence-corrected chi connectivity index (χ4v) is 2.25. The molecule has 0 aliphatic rings. The minimum Gasteiger partial charge on any atom is -0.465 e. The van der Waals surface area contributed by atoms with Crippen molar-refractivity contribution >= 4 is 28.2 Å². The molecule has 108 valence electrons. The molecule has 0 atom stereocenters. The van der Waals surface area contributed by atoms with E-state index >= 15 is 0 Å². The van der Waals surface area contributed by atoms with Gasteiger partial charge < -0.3 is 4.74 Å². The second kappa shape index (κ2) is 6.46. The molecule has 0 aromatic heterocycles. The summed E-state index contributed by atoms with van der Waals surface area (Å²) in [6.07, 6.45) is 2.81. The first-order chi connectivity index (χ1) is 10.7. The minimum atomic E-state index is -0.127. The standard InChI is InChI=1S/C19H13ClO2/c20-17-8-5-15(6-9-17)19(21)11-12-22-18-10-7-14-3-1-2-4-16(14)13-18/h1-13H/b12-11+. The molecule has 3 rings (SSSR count). The number of halogens is 1. The molecule has 0 amide bonds. The molecule has 0 spiro atoms. The monoisotopic (exact) mass is 308 g/mol. The molecule has 0 heterocycles. The van der Waals surface area contributed by atoms with Crippen molar-refractivity contribution in [1.82, 2.24) is 0 Å². The Bertz CT molecular complexity index is 835. The van der Waals surface area contributed by atoms with Gasteiger partial charge in [0.2, 0.25) is 0 Å². The lowest BCUT2D eigenvalue weighted by atomic mass is 10.1. The number of rotatable bonds is 4. The molecule has 0 fully saturated rings. The van der Waals surface area contributed by atoms with Gasteiger partial charge in [-0.25, -0.2) is 0 Å². The van der Waals surface area contributed by atoms with Gasteiger partial charge in [0.15, 0.2) is 5.78 Å². The van der Waals surface area contributed by atoms with Gasteiger partial charge in [-0.15, -0.1) is 0 Å². The smallest absolute Gasteiger partial charge is 0.188 e. The maximum atomic E-state index is 11.9. The van der Waals surface area contributed by atoms with Gasteiger partial charge in [0, 0.05) is 16.7 Å². The molecule has 0 saturated heterocycles. The van der Waals surface area contributed by atoms with E-state index in [1.165, 1.54) is 12.3 Å². The molecular weight excluding hydrogens is 296 g/mol. The lowest BCUT2D eigenvalue weighted by molar-refractivity contribution is 0.104. The van der Waals surface area contributed by atoms with E-state index in [2.05, 4.69) is 0 Å². The molecule has 3 aromatic rings. The van der Waals surface area contributed by atoms with E-state index in [-0.39, 0.29) is 5.78 Å². The number of hydrogen-bond acceptors (Lipinski definition) is 2. The highest BCUT2D eigenvalue weighted by molar-refractivity contribution is 6.30. The molecule has 3 heteroatoms. The number of ketones is 1. The molecule has 0 bridgehead atoms. The third kappa shape index (κ3) is 3.35. The average Bonchev–Trinajstić information content (AvgIpc) is 2.55. The van der Waals surface area contributed by atoms with Crippen molar-refractivity contribution in [2.45, 2.75) is 0 Å². The van der Waals surface area contributed by atoms with E-state index in [4.69, 9.17) is 16.3 Å². The average molecular weight is 309 g/mol. The molecule has 0 aliphatic heterocycles. The van der Waals surface area contributed by atoms with Crippen molar-refractivity contribution in [3.05, 3.63) is 89.7 Å². The summed E-state index contributed by atoms with van der Waals surface area (Å²) in [5.41, 5.74) is 0.572. The van der Waals surface area contributed by atoms with Crippen molar-refractivity contribution in [2.24, 2.45) is 0 Å². The molecule has 0 saturated carbocycles. The van der Waals surface area contributed by atoms with E-state index in [1.807, 2.05) is 42.5 Å². The van der Waals surface area contributed by atoms with Gasteiger partial charge in [-0.3, -0.25) is 4.79 Å². The second-order valence-corrected chi connectivity index (χ2v) is 5.24. The Labute approximate surface area is 133 Å². The van der Waals surface area contributed by atoms with Gasteiger partial charge >= 0.3 is 0 Å². The van der Waals surface area contributed by atoms with Crippen molar-refractivity contribution in [2.75, 3.05) is 0 Å². The Kier molecular flexibility index (Phi) is 4.22. The first-order valence-corrected chi connectivity index (χ1v) is 7.22. The van der Waals surface area contributed by atoms with Crippen molar-refractivity contribution < 1.29 is 9.53 Å². The van der Waals surface area contributed by atoms with Crippen LogP contribution in [0.25, 0.3) is 10.8 Å². The number of carbonyl (C=O) groups is 1. The number of fused-ring (bicyclic) bond motifs is 1. The van der Waals surface area contributed by atoms with Gasteiger partial charge in [-0.2, -0.15) is 0 Å². The zero-order valence-corrected chi connectivity index (χ0v) is 12.5. The molecule has 2 nitrogen and oxygen atoms in total. The number of benzene rings is 3. The molecule has 3 aromatic carbocycles. The Morgan fingerprint density at radius 3 is 2.41 bits per heavy atom. The van der Waals surface area contributed by atoms with Crippen LogP contribution in [0.2, 0.25) is 5.02 Å². The van der Waals surface area contributed by atoms with Crippen molar-refractivity contribution in [3.8, 4) is 5.75 Å². The molecular formula is C19H13ClO2. The van der Waals surface area contributed by atoms with E-state index in [9.17, 15) is 4.79 Å². The van der Waals surface area contributed by atoms with Crippen LogP contribution < -0.4 is 4.74 Å². The van der Waals surface area contributed by atoms with Gasteiger partial charge in [-0.05, 0) is 47.2 Å². The number of hydrogen-bond donors (Lipinski definition) is 0. The van der Waals surface area contributed by atoms with Crippen LogP contribution in [0.3, 0.4) is 0 Å². The summed E-state index contributed by atoms with van der Waals surface area (Å²) in [4.78, 5) is 11.9. The fraction of sp³-hybridized carbons (Fsp3) is 0. The minimum absolute atomic E-state index is 0.127. The van der Waals surface area contributed by atoms with Crippen LogP contribution in [0.1, 0.15) is 10.4 Å². The largest absolute Gasteiger partial charge is 0.465 e. The Hall–Kier alpha value is -2.58. The third-order valence-corrected chi connectivity index (χ3v) is 3.53. The van der Waals surface area contributed by atoms with Crippen LogP contribution in [-0.4, -0.2) is 5.78 Å². The number of allylic oxidation sites excluding steroid dienone is 1. The van der Waals surface area contributed by atoms with E-state index in [0.29, 0.717) is 16.3 Å². The summed E-state index contributed by atoms with van der Waals surface area (Å²) in [6.45, 7) is 0. The predicted molar refractivity (Wildman–Crippen MR) is 89.5 cm³/mol. The topological polar surface area (TPSA) is 26.3 Å². The van der Waals surface area contributed by atoms with Gasteiger partial charge in [0.25, 0.3) is 0 Å². The summed E-state index contributed by atoms with van der Waals surface area (Å²) in [6, 6.07) is 20.6. The van der Waals surface area contributed by atoms with Gasteiger partial charge in [-0.1, -0.05) is 41.9 Å². The first-order valence-electron chi connectivity index (χ1n) is 6.84. The maximum absolute atomic E-state index is 11.9. The molecule has 0 unspecified atom stereocenters. The maximum Gasteiger partial charge on any atom is 0.188 e.